The maximum atomic E-state index is 4.41. The second-order valence-electron chi connectivity index (χ2n) is 3.61. The van der Waals surface area contributed by atoms with Crippen LogP contribution in [0.15, 0.2) is 0 Å². The van der Waals surface area contributed by atoms with Gasteiger partial charge < -0.3 is 10.2 Å². The molecule has 0 saturated heterocycles. The molecule has 0 radical (unpaired) electrons. The second-order valence-corrected chi connectivity index (χ2v) is 3.61. The minimum absolute atomic E-state index is 0.677. The van der Waals surface area contributed by atoms with Gasteiger partial charge in [0, 0.05) is 19.6 Å². The predicted molar refractivity (Wildman–Crippen MR) is 66.9 cm³/mol. The van der Waals surface area contributed by atoms with Crippen molar-refractivity contribution in [1.29, 1.82) is 0 Å². The van der Waals surface area contributed by atoms with Gasteiger partial charge in [-0.1, -0.05) is 6.92 Å². The fourth-order valence-corrected chi connectivity index (χ4v) is 1.43. The average Bonchev–Trinajstić information content (AvgIpc) is 2.27. The van der Waals surface area contributed by atoms with Crippen LogP contribution in [0, 0.1) is 6.92 Å². The molecule has 0 saturated carbocycles. The molecule has 0 aliphatic carbocycles. The third-order valence-corrected chi connectivity index (χ3v) is 2.31. The Morgan fingerprint density at radius 1 is 1.06 bits per heavy atom. The van der Waals surface area contributed by atoms with Gasteiger partial charge in [-0.2, -0.15) is 15.0 Å². The Labute approximate surface area is 97.3 Å². The molecule has 16 heavy (non-hydrogen) atoms. The SMILES string of the molecule is CCCNc1nc(C)nc(N(CC)CC)n1. The van der Waals surface area contributed by atoms with Crippen LogP contribution in [-0.4, -0.2) is 34.6 Å². The van der Waals surface area contributed by atoms with Crippen LogP contribution in [0.1, 0.15) is 33.0 Å². The molecule has 0 atom stereocenters. The number of aryl methyl sites for hydroxylation is 1. The number of nitrogens with zero attached hydrogens (tertiary/aromatic N) is 4. The largest absolute Gasteiger partial charge is 0.354 e. The molecule has 0 amide bonds. The summed E-state index contributed by atoms with van der Waals surface area (Å²) in [6.07, 6.45) is 1.06. The van der Waals surface area contributed by atoms with E-state index in [4.69, 9.17) is 0 Å². The number of hydrogen-bond donors (Lipinski definition) is 1. The summed E-state index contributed by atoms with van der Waals surface area (Å²) in [5, 5.41) is 3.19. The lowest BCUT2D eigenvalue weighted by Crippen LogP contribution is -2.25. The van der Waals surface area contributed by atoms with E-state index in [-0.39, 0.29) is 0 Å². The van der Waals surface area contributed by atoms with Crippen LogP contribution in [0.4, 0.5) is 11.9 Å². The molecule has 1 aromatic heterocycles. The fourth-order valence-electron chi connectivity index (χ4n) is 1.43. The molecule has 0 unspecified atom stereocenters. The summed E-state index contributed by atoms with van der Waals surface area (Å²) in [6.45, 7) is 10.9. The predicted octanol–water partition coefficient (Wildman–Crippen LogP) is 1.85. The van der Waals surface area contributed by atoms with Gasteiger partial charge in [-0.15, -0.1) is 0 Å². The highest BCUT2D eigenvalue weighted by Gasteiger charge is 2.08. The van der Waals surface area contributed by atoms with Crippen LogP contribution in [0.3, 0.4) is 0 Å². The lowest BCUT2D eigenvalue weighted by atomic mass is 10.5. The normalized spacial score (nSPS) is 10.2. The van der Waals surface area contributed by atoms with Gasteiger partial charge in [0.2, 0.25) is 11.9 Å². The van der Waals surface area contributed by atoms with E-state index in [1.54, 1.807) is 0 Å². The van der Waals surface area contributed by atoms with E-state index < -0.39 is 0 Å². The summed E-state index contributed by atoms with van der Waals surface area (Å²) in [7, 11) is 0. The third-order valence-electron chi connectivity index (χ3n) is 2.31. The van der Waals surface area contributed by atoms with Crippen LogP contribution < -0.4 is 10.2 Å². The smallest absolute Gasteiger partial charge is 0.230 e. The molecule has 1 N–H and O–H groups in total. The third kappa shape index (κ3) is 3.32. The first-order chi connectivity index (χ1) is 7.71. The molecule has 1 rings (SSSR count). The first kappa shape index (κ1) is 12.7. The summed E-state index contributed by atoms with van der Waals surface area (Å²) < 4.78 is 0. The topological polar surface area (TPSA) is 53.9 Å². The molecule has 0 aliphatic rings. The Bertz CT molecular complexity index is 322. The lowest BCUT2D eigenvalue weighted by Gasteiger charge is -2.19. The number of nitrogens with one attached hydrogen (secondary N) is 1. The molecule has 1 aromatic rings. The molecule has 1 heterocycles. The molecule has 0 bridgehead atoms. The van der Waals surface area contributed by atoms with Crippen molar-refractivity contribution in [2.24, 2.45) is 0 Å². The van der Waals surface area contributed by atoms with E-state index in [1.165, 1.54) is 0 Å². The zero-order chi connectivity index (χ0) is 12.0. The highest BCUT2D eigenvalue weighted by molar-refractivity contribution is 5.36. The minimum atomic E-state index is 0.677. The Kier molecular flexibility index (Phi) is 4.95. The summed E-state index contributed by atoms with van der Waals surface area (Å²) in [6, 6.07) is 0. The van der Waals surface area contributed by atoms with E-state index in [0.717, 1.165) is 37.8 Å². The van der Waals surface area contributed by atoms with Crippen molar-refractivity contribution in [2.75, 3.05) is 29.9 Å². The van der Waals surface area contributed by atoms with Crippen molar-refractivity contribution < 1.29 is 0 Å². The molecule has 0 aliphatic heterocycles. The number of rotatable bonds is 6. The van der Waals surface area contributed by atoms with Gasteiger partial charge in [0.05, 0.1) is 0 Å². The summed E-state index contributed by atoms with van der Waals surface area (Å²) in [5.74, 6) is 2.20. The Balaban J connectivity index is 2.88. The molecule has 5 heteroatoms. The number of hydrogen-bond acceptors (Lipinski definition) is 5. The van der Waals surface area contributed by atoms with Crippen molar-refractivity contribution in [3.8, 4) is 0 Å². The zero-order valence-electron chi connectivity index (χ0n) is 10.6. The van der Waals surface area contributed by atoms with Crippen LogP contribution in [0.5, 0.6) is 0 Å². The summed E-state index contributed by atoms with van der Waals surface area (Å²) in [5.41, 5.74) is 0. The van der Waals surface area contributed by atoms with Gasteiger partial charge in [0.25, 0.3) is 0 Å². The fraction of sp³-hybridized carbons (Fsp3) is 0.727. The summed E-state index contributed by atoms with van der Waals surface area (Å²) >= 11 is 0. The highest BCUT2D eigenvalue weighted by atomic mass is 15.3. The van der Waals surface area contributed by atoms with Crippen molar-refractivity contribution in [1.82, 2.24) is 15.0 Å². The quantitative estimate of drug-likeness (QED) is 0.797. The molecule has 0 aromatic carbocycles. The van der Waals surface area contributed by atoms with Gasteiger partial charge in [0.15, 0.2) is 0 Å². The van der Waals surface area contributed by atoms with Gasteiger partial charge >= 0.3 is 0 Å². The minimum Gasteiger partial charge on any atom is -0.354 e. The maximum Gasteiger partial charge on any atom is 0.230 e. The molecule has 5 nitrogen and oxygen atoms in total. The Morgan fingerprint density at radius 2 is 1.75 bits per heavy atom. The number of aromatic nitrogens is 3. The second kappa shape index (κ2) is 6.25. The van der Waals surface area contributed by atoms with E-state index in [0.29, 0.717) is 5.95 Å². The average molecular weight is 223 g/mol. The molecule has 0 spiro atoms. The Morgan fingerprint density at radius 3 is 2.31 bits per heavy atom. The molecular formula is C11H21N5. The standard InChI is InChI=1S/C11H21N5/c1-5-8-12-10-13-9(4)14-11(15-10)16(6-2)7-3/h5-8H2,1-4H3,(H,12,13,14,15). The van der Waals surface area contributed by atoms with Crippen molar-refractivity contribution in [3.05, 3.63) is 5.82 Å². The van der Waals surface area contributed by atoms with Gasteiger partial charge in [-0.05, 0) is 27.2 Å². The molecule has 0 fully saturated rings. The van der Waals surface area contributed by atoms with Crippen molar-refractivity contribution in [2.45, 2.75) is 34.1 Å². The first-order valence-electron chi connectivity index (χ1n) is 5.92. The Hall–Kier alpha value is -1.39. The van der Waals surface area contributed by atoms with Crippen LogP contribution >= 0.6 is 0 Å². The van der Waals surface area contributed by atoms with Crippen LogP contribution in [0.25, 0.3) is 0 Å². The van der Waals surface area contributed by atoms with Gasteiger partial charge in [0.1, 0.15) is 5.82 Å². The van der Waals surface area contributed by atoms with Crippen LogP contribution in [0.2, 0.25) is 0 Å². The van der Waals surface area contributed by atoms with Crippen LogP contribution in [-0.2, 0) is 0 Å². The van der Waals surface area contributed by atoms with E-state index >= 15 is 0 Å². The monoisotopic (exact) mass is 223 g/mol. The number of anilines is 2. The van der Waals surface area contributed by atoms with E-state index in [1.807, 2.05) is 6.92 Å². The maximum absolute atomic E-state index is 4.41. The van der Waals surface area contributed by atoms with Gasteiger partial charge in [-0.3, -0.25) is 0 Å². The van der Waals surface area contributed by atoms with E-state index in [2.05, 4.69) is 45.9 Å². The molecular weight excluding hydrogens is 202 g/mol. The zero-order valence-corrected chi connectivity index (χ0v) is 10.6. The summed E-state index contributed by atoms with van der Waals surface area (Å²) in [4.78, 5) is 15.1. The van der Waals surface area contributed by atoms with E-state index in [9.17, 15) is 0 Å². The highest BCUT2D eigenvalue weighted by Crippen LogP contribution is 2.09. The van der Waals surface area contributed by atoms with Crippen molar-refractivity contribution >= 4 is 11.9 Å². The lowest BCUT2D eigenvalue weighted by molar-refractivity contribution is 0.799. The first-order valence-corrected chi connectivity index (χ1v) is 5.92. The van der Waals surface area contributed by atoms with Gasteiger partial charge in [-0.25, -0.2) is 0 Å². The molecule has 90 valence electrons. The van der Waals surface area contributed by atoms with Crippen molar-refractivity contribution in [3.63, 3.8) is 0 Å².